The molecule has 0 radical (unpaired) electrons. The lowest BCUT2D eigenvalue weighted by molar-refractivity contribution is 0.569. The third kappa shape index (κ3) is 10.0. The highest BCUT2D eigenvalue weighted by molar-refractivity contribution is 5.87. The molecule has 0 heterocycles. The molecule has 0 unspecified atom stereocenters. The van der Waals surface area contributed by atoms with Gasteiger partial charge in [0.1, 0.15) is 0 Å². The standard InChI is InChI=1S/C71H79N/c1-66(2,3)54-28-22-46(23-29-54)47-24-30-59(31-25-47)72(61-34-35-63-62-20-18-19-21-64(62)71(16,17)65(63)45-61)60-32-26-48(27-33-60)49-36-50(39-55(38-49)67(4,5)6)51-37-52(41-56(40-51)68(7,8)9)53-42-57(69(10,11)12)44-58(43-53)70(13,14)15/h18-45H,1-17H3. The van der Waals surface area contributed by atoms with Crippen LogP contribution in [0.15, 0.2) is 170 Å². The molecular weight excluding hydrogens is 867 g/mol. The molecule has 0 spiro atoms. The molecule has 9 rings (SSSR count). The zero-order chi connectivity index (χ0) is 51.9. The van der Waals surface area contributed by atoms with Gasteiger partial charge in [-0.1, -0.05) is 239 Å². The van der Waals surface area contributed by atoms with Crippen LogP contribution in [0.1, 0.15) is 157 Å². The van der Waals surface area contributed by atoms with Crippen LogP contribution in [0.5, 0.6) is 0 Å². The predicted molar refractivity (Wildman–Crippen MR) is 314 cm³/mol. The summed E-state index contributed by atoms with van der Waals surface area (Å²) in [5, 5.41) is 0. The average molecular weight is 946 g/mol. The van der Waals surface area contributed by atoms with Gasteiger partial charge < -0.3 is 4.90 Å². The minimum Gasteiger partial charge on any atom is -0.310 e. The second kappa shape index (κ2) is 17.9. The number of benzene rings is 8. The highest BCUT2D eigenvalue weighted by Crippen LogP contribution is 2.51. The molecule has 0 saturated heterocycles. The van der Waals surface area contributed by atoms with E-state index in [2.05, 4.69) is 292 Å². The van der Waals surface area contributed by atoms with Crippen LogP contribution in [0.25, 0.3) is 55.6 Å². The van der Waals surface area contributed by atoms with Gasteiger partial charge in [0.25, 0.3) is 0 Å². The van der Waals surface area contributed by atoms with E-state index in [1.54, 1.807) is 0 Å². The SMILES string of the molecule is CC(C)(C)c1ccc(-c2ccc(N(c3ccc(-c4cc(-c5cc(-c6cc(C(C)(C)C)cc(C(C)(C)C)c6)cc(C(C)(C)C)c5)cc(C(C)(C)C)c4)cc3)c3ccc4c(c3)C(C)(C)c3ccccc3-4)cc2)cc1. The van der Waals surface area contributed by atoms with Gasteiger partial charge in [0.2, 0.25) is 0 Å². The molecule has 0 atom stereocenters. The fourth-order valence-electron chi connectivity index (χ4n) is 10.5. The lowest BCUT2D eigenvalue weighted by Crippen LogP contribution is -2.16. The van der Waals surface area contributed by atoms with Crippen LogP contribution in [0, 0.1) is 0 Å². The highest BCUT2D eigenvalue weighted by atomic mass is 15.1. The van der Waals surface area contributed by atoms with E-state index in [-0.39, 0.29) is 32.5 Å². The van der Waals surface area contributed by atoms with Gasteiger partial charge in [-0.15, -0.1) is 0 Å². The van der Waals surface area contributed by atoms with Crippen LogP contribution in [-0.2, 0) is 32.5 Å². The maximum Gasteiger partial charge on any atom is 0.0465 e. The molecule has 0 bridgehead atoms. The summed E-state index contributed by atoms with van der Waals surface area (Å²) in [6, 6.07) is 65.4. The van der Waals surface area contributed by atoms with Gasteiger partial charge in [-0.2, -0.15) is 0 Å². The normalized spacial score (nSPS) is 13.7. The summed E-state index contributed by atoms with van der Waals surface area (Å²) in [7, 11) is 0. The first kappa shape index (κ1) is 50.5. The topological polar surface area (TPSA) is 3.24 Å². The van der Waals surface area contributed by atoms with Crippen LogP contribution >= 0.6 is 0 Å². The largest absolute Gasteiger partial charge is 0.310 e. The quantitative estimate of drug-likeness (QED) is 0.154. The molecule has 0 aromatic heterocycles. The molecule has 0 N–H and O–H groups in total. The van der Waals surface area contributed by atoms with Crippen molar-refractivity contribution in [3.63, 3.8) is 0 Å². The minimum atomic E-state index is -0.116. The van der Waals surface area contributed by atoms with Crippen LogP contribution in [0.3, 0.4) is 0 Å². The van der Waals surface area contributed by atoms with E-state index in [1.165, 1.54) is 94.6 Å². The van der Waals surface area contributed by atoms with Gasteiger partial charge in [0, 0.05) is 22.5 Å². The van der Waals surface area contributed by atoms with E-state index in [0.717, 1.165) is 17.1 Å². The summed E-state index contributed by atoms with van der Waals surface area (Å²) in [6.07, 6.45) is 0. The van der Waals surface area contributed by atoms with Crippen molar-refractivity contribution in [1.29, 1.82) is 0 Å². The van der Waals surface area contributed by atoms with Crippen molar-refractivity contribution in [1.82, 2.24) is 0 Å². The molecule has 0 fully saturated rings. The number of hydrogen-bond donors (Lipinski definition) is 0. The Labute approximate surface area is 434 Å². The van der Waals surface area contributed by atoms with Gasteiger partial charge in [-0.05, 0) is 170 Å². The van der Waals surface area contributed by atoms with E-state index >= 15 is 0 Å². The number of nitrogens with zero attached hydrogens (tertiary/aromatic N) is 1. The van der Waals surface area contributed by atoms with Gasteiger partial charge >= 0.3 is 0 Å². The van der Waals surface area contributed by atoms with Gasteiger partial charge in [-0.25, -0.2) is 0 Å². The number of anilines is 3. The fraction of sp³-hybridized carbons (Fsp3) is 0.324. The van der Waals surface area contributed by atoms with Crippen molar-refractivity contribution in [2.45, 2.75) is 150 Å². The van der Waals surface area contributed by atoms with Crippen molar-refractivity contribution in [2.75, 3.05) is 4.90 Å². The Kier molecular flexibility index (Phi) is 12.6. The number of rotatable bonds is 7. The van der Waals surface area contributed by atoms with Crippen LogP contribution < -0.4 is 4.90 Å². The fourth-order valence-corrected chi connectivity index (χ4v) is 10.5. The molecule has 1 aliphatic rings. The van der Waals surface area contributed by atoms with E-state index in [0.29, 0.717) is 0 Å². The maximum atomic E-state index is 2.44. The van der Waals surface area contributed by atoms with Crippen molar-refractivity contribution in [3.8, 4) is 55.6 Å². The third-order valence-electron chi connectivity index (χ3n) is 15.4. The summed E-state index contributed by atoms with van der Waals surface area (Å²) in [4.78, 5) is 2.44. The molecule has 1 aliphatic carbocycles. The van der Waals surface area contributed by atoms with Gasteiger partial charge in [0.05, 0.1) is 0 Å². The first-order chi connectivity index (χ1) is 33.6. The average Bonchev–Trinajstić information content (AvgIpc) is 3.55. The number of hydrogen-bond acceptors (Lipinski definition) is 1. The van der Waals surface area contributed by atoms with Gasteiger partial charge in [0.15, 0.2) is 0 Å². The Morgan fingerprint density at radius 3 is 1.00 bits per heavy atom. The molecule has 8 aromatic rings. The molecule has 1 heteroatoms. The predicted octanol–water partition coefficient (Wildman–Crippen LogP) is 20.6. The first-order valence-electron chi connectivity index (χ1n) is 26.4. The molecule has 8 aromatic carbocycles. The summed E-state index contributed by atoms with van der Waals surface area (Å²) in [6.45, 7) is 39.6. The molecule has 0 amide bonds. The highest BCUT2D eigenvalue weighted by Gasteiger charge is 2.36. The summed E-state index contributed by atoms with van der Waals surface area (Å²) < 4.78 is 0. The van der Waals surface area contributed by atoms with Crippen molar-refractivity contribution < 1.29 is 0 Å². The zero-order valence-corrected chi connectivity index (χ0v) is 46.6. The summed E-state index contributed by atoms with van der Waals surface area (Å²) in [5.41, 5.74) is 25.4. The van der Waals surface area contributed by atoms with Crippen LogP contribution in [0.4, 0.5) is 17.1 Å². The second-order valence-corrected chi connectivity index (χ2v) is 26.6. The summed E-state index contributed by atoms with van der Waals surface area (Å²) >= 11 is 0. The molecule has 0 saturated carbocycles. The first-order valence-corrected chi connectivity index (χ1v) is 26.4. The molecule has 368 valence electrons. The monoisotopic (exact) mass is 946 g/mol. The van der Waals surface area contributed by atoms with E-state index in [4.69, 9.17) is 0 Å². The lowest BCUT2D eigenvalue weighted by Gasteiger charge is -2.28. The van der Waals surface area contributed by atoms with E-state index < -0.39 is 0 Å². The molecule has 0 aliphatic heterocycles. The van der Waals surface area contributed by atoms with Crippen molar-refractivity contribution >= 4 is 17.1 Å². The zero-order valence-electron chi connectivity index (χ0n) is 46.6. The van der Waals surface area contributed by atoms with E-state index in [9.17, 15) is 0 Å². The third-order valence-corrected chi connectivity index (χ3v) is 15.4. The molecular formula is C71H79N. The Balaban J connectivity index is 1.15. The minimum absolute atomic E-state index is 0.0254. The Morgan fingerprint density at radius 2 is 0.583 bits per heavy atom. The lowest BCUT2D eigenvalue weighted by atomic mass is 9.77. The van der Waals surface area contributed by atoms with Crippen LogP contribution in [-0.4, -0.2) is 0 Å². The van der Waals surface area contributed by atoms with Crippen LogP contribution in [0.2, 0.25) is 0 Å². The van der Waals surface area contributed by atoms with E-state index in [1.807, 2.05) is 0 Å². The smallest absolute Gasteiger partial charge is 0.0465 e. The Bertz CT molecular complexity index is 3250. The summed E-state index contributed by atoms with van der Waals surface area (Å²) in [5.74, 6) is 0. The van der Waals surface area contributed by atoms with Crippen molar-refractivity contribution in [3.05, 3.63) is 209 Å². The van der Waals surface area contributed by atoms with Crippen molar-refractivity contribution in [2.24, 2.45) is 0 Å². The molecule has 72 heavy (non-hydrogen) atoms. The molecule has 1 nitrogen and oxygen atoms in total. The maximum absolute atomic E-state index is 2.44. The number of fused-ring (bicyclic) bond motifs is 3. The second-order valence-electron chi connectivity index (χ2n) is 26.6. The van der Waals surface area contributed by atoms with Gasteiger partial charge in [-0.3, -0.25) is 0 Å². The Hall–Kier alpha value is -6.44. The Morgan fingerprint density at radius 1 is 0.264 bits per heavy atom.